The lowest BCUT2D eigenvalue weighted by atomic mass is 9.78. The van der Waals surface area contributed by atoms with Gasteiger partial charge in [0.05, 0.1) is 5.41 Å². The third-order valence-electron chi connectivity index (χ3n) is 5.11. The molecule has 1 aliphatic rings. The van der Waals surface area contributed by atoms with Gasteiger partial charge in [0.15, 0.2) is 24.0 Å². The largest absolute Gasteiger partial charge is 0.480 e. The highest BCUT2D eigenvalue weighted by Crippen LogP contribution is 2.45. The maximum Gasteiger partial charge on any atom is 0.264 e. The summed E-state index contributed by atoms with van der Waals surface area (Å²) in [5, 5.41) is 4.29. The van der Waals surface area contributed by atoms with Gasteiger partial charge in [0.2, 0.25) is 0 Å². The Morgan fingerprint density at radius 1 is 1.15 bits per heavy atom. The summed E-state index contributed by atoms with van der Waals surface area (Å²) >= 11 is 0. The van der Waals surface area contributed by atoms with Gasteiger partial charge in [-0.05, 0) is 37.5 Å². The van der Waals surface area contributed by atoms with Crippen molar-refractivity contribution in [2.75, 3.05) is 5.73 Å². The van der Waals surface area contributed by atoms with E-state index < -0.39 is 0 Å². The molecule has 0 aliphatic heterocycles. The molecule has 2 N–H and O–H groups in total. The van der Waals surface area contributed by atoms with E-state index in [1.807, 2.05) is 0 Å². The van der Waals surface area contributed by atoms with Gasteiger partial charge in [-0.25, -0.2) is 4.98 Å². The summed E-state index contributed by atoms with van der Waals surface area (Å²) < 4.78 is 11.1. The quantitative estimate of drug-likeness (QED) is 0.753. The van der Waals surface area contributed by atoms with Gasteiger partial charge in [-0.3, -0.25) is 0 Å². The maximum absolute atomic E-state index is 5.80. The van der Waals surface area contributed by atoms with Gasteiger partial charge in [-0.1, -0.05) is 47.8 Å². The van der Waals surface area contributed by atoms with Crippen LogP contribution in [0.25, 0.3) is 0 Å². The normalized spacial score (nSPS) is 15.9. The monoisotopic (exact) mass is 350 g/mol. The van der Waals surface area contributed by atoms with Crippen LogP contribution in [0, 0.1) is 6.92 Å². The molecule has 0 bridgehead atoms. The van der Waals surface area contributed by atoms with Gasteiger partial charge in [-0.2, -0.15) is 4.98 Å². The number of hydrogen-bond acceptors (Lipinski definition) is 6. The standard InChI is InChI=1S/C20H22N4O2/c1-14-6-8-15(9-7-14)20(10-2-3-11-20)19-23-17(26-24-19)13-25-16-5-4-12-22-18(16)21/h4-9,12H,2-3,10-11,13H2,1H3,(H2,21,22). The first-order valence-corrected chi connectivity index (χ1v) is 8.91. The first-order chi connectivity index (χ1) is 12.7. The van der Waals surface area contributed by atoms with Crippen LogP contribution < -0.4 is 10.5 Å². The van der Waals surface area contributed by atoms with E-state index in [-0.39, 0.29) is 12.0 Å². The van der Waals surface area contributed by atoms with Crippen LogP contribution in [0.3, 0.4) is 0 Å². The second-order valence-electron chi connectivity index (χ2n) is 6.84. The van der Waals surface area contributed by atoms with Crippen LogP contribution in [0.1, 0.15) is 48.5 Å². The van der Waals surface area contributed by atoms with Crippen LogP contribution in [0.4, 0.5) is 5.82 Å². The van der Waals surface area contributed by atoms with Crippen molar-refractivity contribution >= 4 is 5.82 Å². The summed E-state index contributed by atoms with van der Waals surface area (Å²) in [5.74, 6) is 2.05. The molecule has 0 saturated heterocycles. The fraction of sp³-hybridized carbons (Fsp3) is 0.350. The van der Waals surface area contributed by atoms with Crippen LogP contribution in [0.15, 0.2) is 47.1 Å². The third kappa shape index (κ3) is 3.03. The van der Waals surface area contributed by atoms with E-state index in [0.717, 1.165) is 18.7 Å². The lowest BCUT2D eigenvalue weighted by molar-refractivity contribution is 0.242. The Labute approximate surface area is 152 Å². The summed E-state index contributed by atoms with van der Waals surface area (Å²) in [5.41, 5.74) is 8.14. The molecule has 1 fully saturated rings. The second kappa shape index (κ2) is 6.78. The first-order valence-electron chi connectivity index (χ1n) is 8.91. The molecule has 2 heterocycles. The SMILES string of the molecule is Cc1ccc(C2(c3noc(COc4cccnc4N)n3)CCCC2)cc1. The fourth-order valence-electron chi connectivity index (χ4n) is 3.66. The Balaban J connectivity index is 1.57. The molecule has 134 valence electrons. The minimum absolute atomic E-state index is 0.164. The zero-order valence-corrected chi connectivity index (χ0v) is 14.8. The summed E-state index contributed by atoms with van der Waals surface area (Å²) in [6.07, 6.45) is 6.02. The van der Waals surface area contributed by atoms with Gasteiger partial charge >= 0.3 is 0 Å². The molecular formula is C20H22N4O2. The molecule has 1 aliphatic carbocycles. The van der Waals surface area contributed by atoms with Crippen LogP contribution in [0.5, 0.6) is 5.75 Å². The van der Waals surface area contributed by atoms with Crippen molar-refractivity contribution in [2.24, 2.45) is 0 Å². The third-order valence-corrected chi connectivity index (χ3v) is 5.11. The summed E-state index contributed by atoms with van der Waals surface area (Å²) in [7, 11) is 0. The molecule has 26 heavy (non-hydrogen) atoms. The molecule has 0 atom stereocenters. The second-order valence-corrected chi connectivity index (χ2v) is 6.84. The number of nitrogen functional groups attached to an aromatic ring is 1. The molecule has 1 saturated carbocycles. The smallest absolute Gasteiger partial charge is 0.264 e. The number of nitrogens with zero attached hydrogens (tertiary/aromatic N) is 3. The van der Waals surface area contributed by atoms with Gasteiger partial charge in [0.1, 0.15) is 0 Å². The van der Waals surface area contributed by atoms with Crippen molar-refractivity contribution in [3.63, 3.8) is 0 Å². The molecular weight excluding hydrogens is 328 g/mol. The van der Waals surface area contributed by atoms with Gasteiger partial charge in [0, 0.05) is 6.20 Å². The number of benzene rings is 1. The van der Waals surface area contributed by atoms with Crippen molar-refractivity contribution in [3.05, 3.63) is 65.4 Å². The van der Waals surface area contributed by atoms with Crippen LogP contribution >= 0.6 is 0 Å². The molecule has 6 nitrogen and oxygen atoms in total. The molecule has 0 unspecified atom stereocenters. The summed E-state index contributed by atoms with van der Waals surface area (Å²) in [6.45, 7) is 2.27. The number of aromatic nitrogens is 3. The molecule has 4 rings (SSSR count). The number of rotatable bonds is 5. The average molecular weight is 350 g/mol. The number of anilines is 1. The highest BCUT2D eigenvalue weighted by atomic mass is 16.5. The van der Waals surface area contributed by atoms with E-state index >= 15 is 0 Å². The first kappa shape index (κ1) is 16.6. The molecule has 0 spiro atoms. The van der Waals surface area contributed by atoms with Crippen molar-refractivity contribution in [3.8, 4) is 5.75 Å². The van der Waals surface area contributed by atoms with E-state index in [2.05, 4.69) is 46.3 Å². The van der Waals surface area contributed by atoms with E-state index in [9.17, 15) is 0 Å². The average Bonchev–Trinajstić information content (AvgIpc) is 3.32. The number of ether oxygens (including phenoxy) is 1. The Morgan fingerprint density at radius 3 is 2.65 bits per heavy atom. The molecule has 0 radical (unpaired) electrons. The Bertz CT molecular complexity index is 883. The Morgan fingerprint density at radius 2 is 1.92 bits per heavy atom. The topological polar surface area (TPSA) is 87.1 Å². The zero-order valence-electron chi connectivity index (χ0n) is 14.8. The highest BCUT2D eigenvalue weighted by molar-refractivity contribution is 5.44. The molecule has 6 heteroatoms. The highest BCUT2D eigenvalue weighted by Gasteiger charge is 2.41. The number of hydrogen-bond donors (Lipinski definition) is 1. The molecule has 3 aromatic rings. The van der Waals surface area contributed by atoms with Crippen molar-refractivity contribution in [1.82, 2.24) is 15.1 Å². The molecule has 0 amide bonds. The predicted molar refractivity (Wildman–Crippen MR) is 97.7 cm³/mol. The molecule has 2 aromatic heterocycles. The lowest BCUT2D eigenvalue weighted by Gasteiger charge is -2.25. The number of nitrogens with two attached hydrogens (primary N) is 1. The van der Waals surface area contributed by atoms with E-state index in [1.54, 1.807) is 18.3 Å². The predicted octanol–water partition coefficient (Wildman–Crippen LogP) is 3.79. The van der Waals surface area contributed by atoms with Gasteiger partial charge in [-0.15, -0.1) is 0 Å². The summed E-state index contributed by atoms with van der Waals surface area (Å²) in [6, 6.07) is 12.2. The number of aryl methyl sites for hydroxylation is 1. The molecule has 1 aromatic carbocycles. The Kier molecular flexibility index (Phi) is 4.32. The zero-order chi connectivity index (χ0) is 18.0. The van der Waals surface area contributed by atoms with Crippen molar-refractivity contribution in [2.45, 2.75) is 44.6 Å². The van der Waals surface area contributed by atoms with Crippen LogP contribution in [0.2, 0.25) is 0 Å². The minimum atomic E-state index is -0.164. The Hall–Kier alpha value is -2.89. The van der Waals surface area contributed by atoms with Gasteiger partial charge < -0.3 is 15.0 Å². The number of pyridine rings is 1. The maximum atomic E-state index is 5.80. The van der Waals surface area contributed by atoms with Crippen LogP contribution in [-0.2, 0) is 12.0 Å². The lowest BCUT2D eigenvalue weighted by Crippen LogP contribution is -2.25. The van der Waals surface area contributed by atoms with Crippen molar-refractivity contribution in [1.29, 1.82) is 0 Å². The summed E-state index contributed by atoms with van der Waals surface area (Å²) in [4.78, 5) is 8.65. The fourth-order valence-corrected chi connectivity index (χ4v) is 3.66. The van der Waals surface area contributed by atoms with Crippen molar-refractivity contribution < 1.29 is 9.26 Å². The van der Waals surface area contributed by atoms with E-state index in [1.165, 1.54) is 24.0 Å². The minimum Gasteiger partial charge on any atom is -0.480 e. The van der Waals surface area contributed by atoms with E-state index in [0.29, 0.717) is 17.5 Å². The van der Waals surface area contributed by atoms with Crippen LogP contribution in [-0.4, -0.2) is 15.1 Å². The van der Waals surface area contributed by atoms with Gasteiger partial charge in [0.25, 0.3) is 5.89 Å². The van der Waals surface area contributed by atoms with E-state index in [4.69, 9.17) is 15.0 Å².